The third kappa shape index (κ3) is 4.67. The Balaban J connectivity index is 1.81. The number of carbonyl (C=O) groups is 1. The van der Waals surface area contributed by atoms with Crippen LogP contribution in [0.4, 0.5) is 24.8 Å². The summed E-state index contributed by atoms with van der Waals surface area (Å²) >= 11 is 6.32. The van der Waals surface area contributed by atoms with Crippen LogP contribution in [0.3, 0.4) is 0 Å². The molecule has 0 aliphatic rings. The van der Waals surface area contributed by atoms with Crippen LogP contribution < -0.4 is 10.9 Å². The van der Waals surface area contributed by atoms with Gasteiger partial charge in [0.2, 0.25) is 5.95 Å². The van der Waals surface area contributed by atoms with Crippen molar-refractivity contribution in [2.75, 3.05) is 5.32 Å². The minimum Gasteiger partial charge on any atom is -0.481 e. The zero-order valence-electron chi connectivity index (χ0n) is 16.9. The average Bonchev–Trinajstić information content (AvgIpc) is 3.07. The topological polar surface area (TPSA) is 102 Å². The Morgan fingerprint density at radius 2 is 1.82 bits per heavy atom. The van der Waals surface area contributed by atoms with Crippen molar-refractivity contribution in [2.24, 2.45) is 7.05 Å². The molecule has 170 valence electrons. The quantitative estimate of drug-likeness (QED) is 0.411. The van der Waals surface area contributed by atoms with E-state index in [-0.39, 0.29) is 28.6 Å². The van der Waals surface area contributed by atoms with Gasteiger partial charge in [-0.1, -0.05) is 11.6 Å². The normalized spacial score (nSPS) is 11.2. The molecule has 2 heterocycles. The molecule has 33 heavy (non-hydrogen) atoms. The Labute approximate surface area is 188 Å². The first kappa shape index (κ1) is 22.3. The molecule has 0 fully saturated rings. The molecule has 8 nitrogen and oxygen atoms in total. The highest BCUT2D eigenvalue weighted by molar-refractivity contribution is 6.34. The fraction of sp³-hybridized carbons (Fsp3) is 0.143. The van der Waals surface area contributed by atoms with Crippen molar-refractivity contribution in [3.8, 4) is 0 Å². The first-order valence-electron chi connectivity index (χ1n) is 9.46. The van der Waals surface area contributed by atoms with Gasteiger partial charge in [0.15, 0.2) is 11.6 Å². The van der Waals surface area contributed by atoms with E-state index in [2.05, 4.69) is 15.4 Å². The van der Waals surface area contributed by atoms with E-state index >= 15 is 0 Å². The van der Waals surface area contributed by atoms with E-state index in [1.807, 2.05) is 0 Å². The Morgan fingerprint density at radius 1 is 1.09 bits per heavy atom. The summed E-state index contributed by atoms with van der Waals surface area (Å²) in [4.78, 5) is 27.4. The number of rotatable bonds is 6. The summed E-state index contributed by atoms with van der Waals surface area (Å²) in [7, 11) is 1.73. The van der Waals surface area contributed by atoms with Gasteiger partial charge >= 0.3 is 5.97 Å². The zero-order chi connectivity index (χ0) is 23.9. The number of nitrogens with zero attached hydrogens (tertiary/aromatic N) is 4. The maximum Gasteiger partial charge on any atom is 0.308 e. The molecule has 0 aliphatic heterocycles. The molecule has 2 aromatic heterocycles. The van der Waals surface area contributed by atoms with Crippen LogP contribution in [-0.2, 0) is 24.8 Å². The van der Waals surface area contributed by atoms with E-state index in [1.165, 1.54) is 10.8 Å². The molecule has 0 atom stereocenters. The van der Waals surface area contributed by atoms with Crippen LogP contribution in [0.2, 0.25) is 5.02 Å². The minimum atomic E-state index is -1.35. The van der Waals surface area contributed by atoms with Crippen molar-refractivity contribution in [1.82, 2.24) is 19.3 Å². The standard InChI is InChI=1S/C21H15ClF3N5O3/c1-29-7-11-3-18(13(22)5-17(11)28-29)26-21-27-20(33)12(4-19(31)32)9-30(21)8-10-2-15(24)16(25)6-14(10)23/h2-3,5-7,9H,4,8H2,1H3,(H,31,32)(H,26,27,33). The number of hydrogen-bond donors (Lipinski definition) is 2. The number of benzene rings is 2. The lowest BCUT2D eigenvalue weighted by Crippen LogP contribution is -2.23. The molecule has 0 saturated carbocycles. The molecule has 4 aromatic rings. The zero-order valence-corrected chi connectivity index (χ0v) is 17.7. The molecular formula is C21H15ClF3N5O3. The summed E-state index contributed by atoms with van der Waals surface area (Å²) in [6.45, 7) is -0.377. The lowest BCUT2D eigenvalue weighted by atomic mass is 10.2. The number of anilines is 2. The van der Waals surface area contributed by atoms with Crippen molar-refractivity contribution in [2.45, 2.75) is 13.0 Å². The first-order valence-corrected chi connectivity index (χ1v) is 9.84. The molecule has 0 saturated heterocycles. The molecular weight excluding hydrogens is 463 g/mol. The molecule has 2 N–H and O–H groups in total. The number of carboxylic acid groups (broad SMARTS) is 1. The highest BCUT2D eigenvalue weighted by Gasteiger charge is 2.17. The maximum atomic E-state index is 14.3. The van der Waals surface area contributed by atoms with Gasteiger partial charge in [0.05, 0.1) is 29.2 Å². The van der Waals surface area contributed by atoms with Crippen molar-refractivity contribution < 1.29 is 23.1 Å². The van der Waals surface area contributed by atoms with Crippen LogP contribution in [0.15, 0.2) is 41.5 Å². The van der Waals surface area contributed by atoms with Crippen molar-refractivity contribution in [1.29, 1.82) is 0 Å². The second kappa shape index (κ2) is 8.58. The molecule has 2 aromatic carbocycles. The van der Waals surface area contributed by atoms with Gasteiger partial charge in [-0.25, -0.2) is 13.2 Å². The molecule has 0 amide bonds. The fourth-order valence-electron chi connectivity index (χ4n) is 3.30. The summed E-state index contributed by atoms with van der Waals surface area (Å²) in [5, 5.41) is 17.2. The van der Waals surface area contributed by atoms with Crippen LogP contribution in [0, 0.1) is 17.5 Å². The third-order valence-corrected chi connectivity index (χ3v) is 5.10. The van der Waals surface area contributed by atoms with Crippen molar-refractivity contribution in [3.05, 3.63) is 80.6 Å². The number of aryl methyl sites for hydroxylation is 1. The van der Waals surface area contributed by atoms with Crippen molar-refractivity contribution in [3.63, 3.8) is 0 Å². The van der Waals surface area contributed by atoms with Gasteiger partial charge in [0.1, 0.15) is 5.82 Å². The summed E-state index contributed by atoms with van der Waals surface area (Å²) in [5.74, 6) is -5.01. The molecule has 4 rings (SSSR count). The molecule has 0 bridgehead atoms. The maximum absolute atomic E-state index is 14.3. The number of carboxylic acids is 1. The highest BCUT2D eigenvalue weighted by atomic mass is 35.5. The number of aliphatic carboxylic acids is 1. The van der Waals surface area contributed by atoms with Gasteiger partial charge in [0.25, 0.3) is 5.56 Å². The Kier molecular flexibility index (Phi) is 5.81. The largest absolute Gasteiger partial charge is 0.481 e. The number of hydrogen-bond acceptors (Lipinski definition) is 5. The first-order chi connectivity index (χ1) is 15.6. The van der Waals surface area contributed by atoms with E-state index in [9.17, 15) is 22.8 Å². The fourth-order valence-corrected chi connectivity index (χ4v) is 3.50. The summed E-state index contributed by atoms with van der Waals surface area (Å²) < 4.78 is 44.1. The van der Waals surface area contributed by atoms with Gasteiger partial charge < -0.3 is 15.0 Å². The molecule has 0 unspecified atom stereocenters. The van der Waals surface area contributed by atoms with Crippen LogP contribution >= 0.6 is 11.6 Å². The Hall–Kier alpha value is -3.86. The van der Waals surface area contributed by atoms with Crippen LogP contribution in [0.5, 0.6) is 0 Å². The van der Waals surface area contributed by atoms with Crippen LogP contribution in [0.25, 0.3) is 10.9 Å². The Bertz CT molecular complexity index is 1470. The highest BCUT2D eigenvalue weighted by Crippen LogP contribution is 2.29. The molecule has 12 heteroatoms. The average molecular weight is 478 g/mol. The van der Waals surface area contributed by atoms with E-state index in [0.29, 0.717) is 23.3 Å². The second-order valence-corrected chi connectivity index (χ2v) is 7.68. The van der Waals surface area contributed by atoms with Gasteiger partial charge in [-0.15, -0.1) is 0 Å². The number of halogens is 4. The van der Waals surface area contributed by atoms with Gasteiger partial charge in [-0.2, -0.15) is 10.1 Å². The Morgan fingerprint density at radius 3 is 2.55 bits per heavy atom. The van der Waals surface area contributed by atoms with Crippen LogP contribution in [0.1, 0.15) is 11.1 Å². The van der Waals surface area contributed by atoms with E-state index < -0.39 is 35.4 Å². The van der Waals surface area contributed by atoms with E-state index in [0.717, 1.165) is 5.39 Å². The number of fused-ring (bicyclic) bond motifs is 1. The van der Waals surface area contributed by atoms with Gasteiger partial charge in [-0.3, -0.25) is 14.3 Å². The second-order valence-electron chi connectivity index (χ2n) is 7.27. The lowest BCUT2D eigenvalue weighted by Gasteiger charge is -2.16. The lowest BCUT2D eigenvalue weighted by molar-refractivity contribution is -0.136. The molecule has 0 radical (unpaired) electrons. The summed E-state index contributed by atoms with van der Waals surface area (Å²) in [6.07, 6.45) is 2.28. The summed E-state index contributed by atoms with van der Waals surface area (Å²) in [5.41, 5.74) is -0.267. The van der Waals surface area contributed by atoms with E-state index in [4.69, 9.17) is 16.7 Å². The minimum absolute atomic E-state index is 0.108. The predicted octanol–water partition coefficient (Wildman–Crippen LogP) is 3.62. The monoisotopic (exact) mass is 477 g/mol. The molecule has 0 spiro atoms. The SMILES string of the molecule is Cn1cc2cc(Nc3nc(=O)c(CC(=O)O)cn3Cc3cc(F)c(F)cc3F)c(Cl)cc2n1. The predicted molar refractivity (Wildman–Crippen MR) is 114 cm³/mol. The number of nitrogens with one attached hydrogen (secondary N) is 1. The van der Waals surface area contributed by atoms with Gasteiger partial charge in [-0.05, 0) is 18.2 Å². The van der Waals surface area contributed by atoms with Crippen molar-refractivity contribution >= 4 is 40.1 Å². The van der Waals surface area contributed by atoms with Crippen LogP contribution in [-0.4, -0.2) is 30.4 Å². The molecule has 0 aliphatic carbocycles. The summed E-state index contributed by atoms with van der Waals surface area (Å²) in [6, 6.07) is 4.33. The van der Waals surface area contributed by atoms with E-state index in [1.54, 1.807) is 30.1 Å². The third-order valence-electron chi connectivity index (χ3n) is 4.79. The number of aromatic nitrogens is 4. The van der Waals surface area contributed by atoms with Gasteiger partial charge in [0, 0.05) is 42.0 Å². The smallest absolute Gasteiger partial charge is 0.308 e.